The SMILES string of the molecule is O=C(COC(=O)c1cccnc1)Nc1ccc(OCc2ccccc2)cc1. The molecule has 0 aliphatic carbocycles. The number of amides is 1. The lowest BCUT2D eigenvalue weighted by atomic mass is 10.2. The molecule has 6 nitrogen and oxygen atoms in total. The Morgan fingerprint density at radius 1 is 0.926 bits per heavy atom. The van der Waals surface area contributed by atoms with Crippen molar-refractivity contribution in [2.24, 2.45) is 0 Å². The summed E-state index contributed by atoms with van der Waals surface area (Å²) >= 11 is 0. The van der Waals surface area contributed by atoms with Crippen LogP contribution in [0.2, 0.25) is 0 Å². The van der Waals surface area contributed by atoms with Gasteiger partial charge in [0.05, 0.1) is 5.56 Å². The number of nitrogens with zero attached hydrogens (tertiary/aromatic N) is 1. The second-order valence-corrected chi connectivity index (χ2v) is 5.66. The summed E-state index contributed by atoms with van der Waals surface area (Å²) in [6.07, 6.45) is 2.94. The van der Waals surface area contributed by atoms with E-state index >= 15 is 0 Å². The van der Waals surface area contributed by atoms with E-state index in [2.05, 4.69) is 10.3 Å². The molecule has 0 radical (unpaired) electrons. The normalized spacial score (nSPS) is 10.1. The number of ether oxygens (including phenoxy) is 2. The second-order valence-electron chi connectivity index (χ2n) is 5.66. The maximum Gasteiger partial charge on any atom is 0.340 e. The van der Waals surface area contributed by atoms with Crippen LogP contribution in [0.1, 0.15) is 15.9 Å². The lowest BCUT2D eigenvalue weighted by Gasteiger charge is -2.09. The van der Waals surface area contributed by atoms with E-state index in [1.165, 1.54) is 6.20 Å². The van der Waals surface area contributed by atoms with Crippen LogP contribution in [0.25, 0.3) is 0 Å². The molecule has 0 atom stereocenters. The van der Waals surface area contributed by atoms with Gasteiger partial charge in [0.25, 0.3) is 5.91 Å². The molecule has 1 heterocycles. The lowest BCUT2D eigenvalue weighted by Crippen LogP contribution is -2.20. The van der Waals surface area contributed by atoms with Crippen LogP contribution in [0.3, 0.4) is 0 Å². The number of hydrogen-bond donors (Lipinski definition) is 1. The van der Waals surface area contributed by atoms with Gasteiger partial charge in [-0.3, -0.25) is 9.78 Å². The van der Waals surface area contributed by atoms with Gasteiger partial charge in [-0.1, -0.05) is 30.3 Å². The first kappa shape index (κ1) is 18.1. The van der Waals surface area contributed by atoms with Crippen LogP contribution in [-0.4, -0.2) is 23.5 Å². The summed E-state index contributed by atoms with van der Waals surface area (Å²) in [5.41, 5.74) is 1.96. The molecular weight excluding hydrogens is 344 g/mol. The lowest BCUT2D eigenvalue weighted by molar-refractivity contribution is -0.119. The number of pyridine rings is 1. The first-order valence-corrected chi connectivity index (χ1v) is 8.34. The highest BCUT2D eigenvalue weighted by Gasteiger charge is 2.10. The van der Waals surface area contributed by atoms with Crippen LogP contribution < -0.4 is 10.1 Å². The Kier molecular flexibility index (Phi) is 6.14. The van der Waals surface area contributed by atoms with E-state index in [1.54, 1.807) is 42.6 Å². The van der Waals surface area contributed by atoms with Gasteiger partial charge in [-0.25, -0.2) is 4.79 Å². The van der Waals surface area contributed by atoms with Crippen molar-refractivity contribution in [2.45, 2.75) is 6.61 Å². The largest absolute Gasteiger partial charge is 0.489 e. The molecule has 0 bridgehead atoms. The van der Waals surface area contributed by atoms with Gasteiger partial charge in [0, 0.05) is 18.1 Å². The van der Waals surface area contributed by atoms with Crippen molar-refractivity contribution in [3.8, 4) is 5.75 Å². The first-order chi connectivity index (χ1) is 13.2. The standard InChI is InChI=1S/C21H18N2O4/c24-20(15-27-21(25)17-7-4-12-22-13-17)23-18-8-10-19(11-9-18)26-14-16-5-2-1-3-6-16/h1-13H,14-15H2,(H,23,24). The zero-order valence-corrected chi connectivity index (χ0v) is 14.5. The summed E-state index contributed by atoms with van der Waals surface area (Å²) < 4.78 is 10.6. The van der Waals surface area contributed by atoms with E-state index in [4.69, 9.17) is 9.47 Å². The van der Waals surface area contributed by atoms with E-state index in [9.17, 15) is 9.59 Å². The van der Waals surface area contributed by atoms with Gasteiger partial charge in [0.1, 0.15) is 12.4 Å². The molecule has 0 aliphatic rings. The highest BCUT2D eigenvalue weighted by Crippen LogP contribution is 2.17. The number of esters is 1. The van der Waals surface area contributed by atoms with E-state index in [1.807, 2.05) is 30.3 Å². The zero-order valence-electron chi connectivity index (χ0n) is 14.5. The van der Waals surface area contributed by atoms with Crippen molar-refractivity contribution >= 4 is 17.6 Å². The van der Waals surface area contributed by atoms with Crippen LogP contribution in [0.15, 0.2) is 79.1 Å². The topological polar surface area (TPSA) is 77.5 Å². The van der Waals surface area contributed by atoms with E-state index in [0.29, 0.717) is 23.6 Å². The second kappa shape index (κ2) is 9.15. The predicted octanol–water partition coefficient (Wildman–Crippen LogP) is 3.46. The molecule has 0 saturated heterocycles. The highest BCUT2D eigenvalue weighted by atomic mass is 16.5. The summed E-state index contributed by atoms with van der Waals surface area (Å²) in [5.74, 6) is -0.326. The van der Waals surface area contributed by atoms with Gasteiger partial charge in [-0.2, -0.15) is 0 Å². The fourth-order valence-electron chi connectivity index (χ4n) is 2.27. The maximum absolute atomic E-state index is 11.9. The average Bonchev–Trinajstić information content (AvgIpc) is 2.73. The fraction of sp³-hybridized carbons (Fsp3) is 0.0952. The third kappa shape index (κ3) is 5.67. The molecule has 2 aromatic carbocycles. The Bertz CT molecular complexity index is 881. The van der Waals surface area contributed by atoms with Crippen LogP contribution in [0.5, 0.6) is 5.75 Å². The molecule has 1 N–H and O–H groups in total. The molecule has 0 aliphatic heterocycles. The molecule has 1 aromatic heterocycles. The fourth-order valence-corrected chi connectivity index (χ4v) is 2.27. The first-order valence-electron chi connectivity index (χ1n) is 8.34. The van der Waals surface area contributed by atoms with Crippen molar-refractivity contribution < 1.29 is 19.1 Å². The third-order valence-corrected chi connectivity index (χ3v) is 3.62. The number of aromatic nitrogens is 1. The smallest absolute Gasteiger partial charge is 0.340 e. The maximum atomic E-state index is 11.9. The molecule has 0 saturated carbocycles. The number of benzene rings is 2. The third-order valence-electron chi connectivity index (χ3n) is 3.62. The van der Waals surface area contributed by atoms with Crippen molar-refractivity contribution in [3.63, 3.8) is 0 Å². The molecule has 27 heavy (non-hydrogen) atoms. The number of nitrogens with one attached hydrogen (secondary N) is 1. The Hall–Kier alpha value is -3.67. The monoisotopic (exact) mass is 362 g/mol. The number of rotatable bonds is 7. The van der Waals surface area contributed by atoms with Gasteiger partial charge in [0.2, 0.25) is 0 Å². The molecular formula is C21H18N2O4. The molecule has 3 aromatic rings. The molecule has 6 heteroatoms. The number of anilines is 1. The minimum Gasteiger partial charge on any atom is -0.489 e. The van der Waals surface area contributed by atoms with Crippen molar-refractivity contribution in [1.29, 1.82) is 0 Å². The number of carbonyl (C=O) groups excluding carboxylic acids is 2. The Morgan fingerprint density at radius 3 is 2.41 bits per heavy atom. The van der Waals surface area contributed by atoms with Crippen LogP contribution in [0, 0.1) is 0 Å². The van der Waals surface area contributed by atoms with Crippen molar-refractivity contribution in [1.82, 2.24) is 4.98 Å². The van der Waals surface area contributed by atoms with Crippen molar-refractivity contribution in [3.05, 3.63) is 90.3 Å². The van der Waals surface area contributed by atoms with Gasteiger partial charge < -0.3 is 14.8 Å². The minimum absolute atomic E-state index is 0.296. The van der Waals surface area contributed by atoms with Crippen molar-refractivity contribution in [2.75, 3.05) is 11.9 Å². The van der Waals surface area contributed by atoms with E-state index in [0.717, 1.165) is 5.56 Å². The molecule has 3 rings (SSSR count). The Morgan fingerprint density at radius 2 is 1.70 bits per heavy atom. The van der Waals surface area contributed by atoms with Gasteiger partial charge in [-0.15, -0.1) is 0 Å². The van der Waals surface area contributed by atoms with E-state index in [-0.39, 0.29) is 6.61 Å². The Balaban J connectivity index is 1.45. The molecule has 0 spiro atoms. The van der Waals surface area contributed by atoms with Gasteiger partial charge >= 0.3 is 5.97 Å². The molecule has 1 amide bonds. The van der Waals surface area contributed by atoms with Crippen LogP contribution >= 0.6 is 0 Å². The highest BCUT2D eigenvalue weighted by molar-refractivity contribution is 5.95. The van der Waals surface area contributed by atoms with Crippen LogP contribution in [-0.2, 0) is 16.1 Å². The zero-order chi connectivity index (χ0) is 18.9. The number of hydrogen-bond acceptors (Lipinski definition) is 5. The summed E-state index contributed by atoms with van der Waals surface area (Å²) in [7, 11) is 0. The number of carbonyl (C=O) groups is 2. The predicted molar refractivity (Wildman–Crippen MR) is 100 cm³/mol. The molecule has 0 unspecified atom stereocenters. The van der Waals surface area contributed by atoms with Gasteiger partial charge in [0.15, 0.2) is 6.61 Å². The quantitative estimate of drug-likeness (QED) is 0.651. The minimum atomic E-state index is -0.595. The summed E-state index contributed by atoms with van der Waals surface area (Å²) in [4.78, 5) is 27.5. The summed E-state index contributed by atoms with van der Waals surface area (Å²) in [5, 5.41) is 2.66. The summed E-state index contributed by atoms with van der Waals surface area (Å²) in [6.45, 7) is 0.0941. The van der Waals surface area contributed by atoms with E-state index < -0.39 is 11.9 Å². The molecule has 136 valence electrons. The summed E-state index contributed by atoms with van der Waals surface area (Å²) in [6, 6.07) is 20.0. The average molecular weight is 362 g/mol. The Labute approximate surface area is 156 Å². The van der Waals surface area contributed by atoms with Crippen LogP contribution in [0.4, 0.5) is 5.69 Å². The van der Waals surface area contributed by atoms with Gasteiger partial charge in [-0.05, 0) is 42.0 Å². The molecule has 0 fully saturated rings.